The Morgan fingerprint density at radius 3 is 2.38 bits per heavy atom. The van der Waals surface area contributed by atoms with E-state index in [2.05, 4.69) is 27.5 Å². The molecule has 4 rings (SSSR count). The van der Waals surface area contributed by atoms with Crippen molar-refractivity contribution < 1.29 is 19.1 Å². The van der Waals surface area contributed by atoms with Gasteiger partial charge in [-0.3, -0.25) is 14.5 Å². The van der Waals surface area contributed by atoms with E-state index in [-0.39, 0.29) is 12.8 Å². The number of piperazine rings is 1. The van der Waals surface area contributed by atoms with Gasteiger partial charge in [0.15, 0.2) is 11.5 Å². The Kier molecular flexibility index (Phi) is 6.92. The fraction of sp³-hybridized carbons (Fsp3) is 0.417. The zero-order chi connectivity index (χ0) is 22.5. The Bertz CT molecular complexity index is 955. The summed E-state index contributed by atoms with van der Waals surface area (Å²) in [7, 11) is 2.10. The van der Waals surface area contributed by atoms with Crippen LogP contribution in [0.2, 0.25) is 0 Å². The second-order valence-electron chi connectivity index (χ2n) is 8.35. The summed E-state index contributed by atoms with van der Waals surface area (Å²) in [6.07, 6.45) is 0. The van der Waals surface area contributed by atoms with E-state index in [4.69, 9.17) is 9.47 Å². The molecule has 1 fully saturated rings. The first-order valence-electron chi connectivity index (χ1n) is 10.9. The Morgan fingerprint density at radius 1 is 0.938 bits per heavy atom. The zero-order valence-corrected chi connectivity index (χ0v) is 18.6. The average molecular weight is 439 g/mol. The number of hydrogen-bond acceptors (Lipinski definition) is 6. The first-order chi connectivity index (χ1) is 15.5. The van der Waals surface area contributed by atoms with Crippen LogP contribution in [0.3, 0.4) is 0 Å². The summed E-state index contributed by atoms with van der Waals surface area (Å²) < 4.78 is 11.0. The average Bonchev–Trinajstić information content (AvgIpc) is 3.27. The van der Waals surface area contributed by atoms with Crippen molar-refractivity contribution in [2.75, 3.05) is 46.6 Å². The fourth-order valence-electron chi connectivity index (χ4n) is 3.95. The molecule has 0 bridgehead atoms. The van der Waals surface area contributed by atoms with Crippen LogP contribution < -0.4 is 20.1 Å². The minimum atomic E-state index is -0.631. The van der Waals surface area contributed by atoms with Crippen molar-refractivity contribution in [3.8, 4) is 11.5 Å². The Hall–Kier alpha value is -3.10. The molecule has 1 atom stereocenters. The zero-order valence-electron chi connectivity index (χ0n) is 18.6. The molecule has 0 saturated carbocycles. The molecule has 2 aromatic carbocycles. The van der Waals surface area contributed by atoms with Crippen molar-refractivity contribution >= 4 is 11.8 Å². The molecule has 170 valence electrons. The molecule has 8 nitrogen and oxygen atoms in total. The summed E-state index contributed by atoms with van der Waals surface area (Å²) in [6, 6.07) is 13.6. The monoisotopic (exact) mass is 438 g/mol. The van der Waals surface area contributed by atoms with Gasteiger partial charge in [0, 0.05) is 39.3 Å². The number of likely N-dealkylation sites (N-methyl/N-ethyl adjacent to an activating group) is 1. The molecule has 2 aliphatic rings. The maximum absolute atomic E-state index is 12.5. The number of benzene rings is 2. The van der Waals surface area contributed by atoms with E-state index >= 15 is 0 Å². The van der Waals surface area contributed by atoms with Gasteiger partial charge in [-0.25, -0.2) is 0 Å². The molecule has 0 aliphatic carbocycles. The lowest BCUT2D eigenvalue weighted by Gasteiger charge is -2.38. The third-order valence-electron chi connectivity index (χ3n) is 6.00. The van der Waals surface area contributed by atoms with Crippen molar-refractivity contribution in [1.82, 2.24) is 20.4 Å². The van der Waals surface area contributed by atoms with E-state index < -0.39 is 11.8 Å². The van der Waals surface area contributed by atoms with Crippen LogP contribution in [0.4, 0.5) is 0 Å². The van der Waals surface area contributed by atoms with Gasteiger partial charge in [0.25, 0.3) is 0 Å². The minimum absolute atomic E-state index is 0.0629. The number of rotatable bonds is 6. The maximum Gasteiger partial charge on any atom is 0.309 e. The van der Waals surface area contributed by atoms with Gasteiger partial charge in [0.1, 0.15) is 0 Å². The van der Waals surface area contributed by atoms with Crippen molar-refractivity contribution in [3.05, 3.63) is 59.2 Å². The van der Waals surface area contributed by atoms with Crippen LogP contribution >= 0.6 is 0 Å². The molecular formula is C24H30N4O4. The van der Waals surface area contributed by atoms with Gasteiger partial charge < -0.3 is 25.0 Å². The van der Waals surface area contributed by atoms with E-state index in [1.165, 1.54) is 0 Å². The molecule has 2 heterocycles. The van der Waals surface area contributed by atoms with Crippen LogP contribution in [-0.2, 0) is 16.1 Å². The Labute approximate surface area is 188 Å². The van der Waals surface area contributed by atoms with E-state index in [0.29, 0.717) is 18.8 Å². The van der Waals surface area contributed by atoms with Crippen molar-refractivity contribution in [1.29, 1.82) is 0 Å². The first kappa shape index (κ1) is 22.1. The number of hydrogen-bond donors (Lipinski definition) is 2. The van der Waals surface area contributed by atoms with Gasteiger partial charge in [0.05, 0.1) is 6.04 Å². The number of carbonyl (C=O) groups excluding carboxylic acids is 2. The lowest BCUT2D eigenvalue weighted by Crippen LogP contribution is -2.49. The van der Waals surface area contributed by atoms with Gasteiger partial charge in [-0.15, -0.1) is 0 Å². The van der Waals surface area contributed by atoms with Crippen LogP contribution in [0.5, 0.6) is 11.5 Å². The minimum Gasteiger partial charge on any atom is -0.454 e. The number of nitrogens with one attached hydrogen (secondary N) is 2. The molecule has 8 heteroatoms. The highest BCUT2D eigenvalue weighted by Crippen LogP contribution is 2.35. The quantitative estimate of drug-likeness (QED) is 0.665. The third-order valence-corrected chi connectivity index (χ3v) is 6.00. The van der Waals surface area contributed by atoms with E-state index in [0.717, 1.165) is 48.6 Å². The van der Waals surface area contributed by atoms with Gasteiger partial charge >= 0.3 is 11.8 Å². The summed E-state index contributed by atoms with van der Waals surface area (Å²) in [5.41, 5.74) is 3.13. The predicted molar refractivity (Wildman–Crippen MR) is 120 cm³/mol. The van der Waals surface area contributed by atoms with E-state index in [1.807, 2.05) is 49.4 Å². The smallest absolute Gasteiger partial charge is 0.309 e. The Balaban J connectivity index is 1.38. The number of carbonyl (C=O) groups is 2. The second-order valence-corrected chi connectivity index (χ2v) is 8.35. The van der Waals surface area contributed by atoms with Crippen molar-refractivity contribution in [2.45, 2.75) is 19.5 Å². The van der Waals surface area contributed by atoms with E-state index in [1.54, 1.807) is 0 Å². The van der Waals surface area contributed by atoms with E-state index in [9.17, 15) is 9.59 Å². The molecule has 2 N–H and O–H groups in total. The number of nitrogens with zero attached hydrogens (tertiary/aromatic N) is 2. The van der Waals surface area contributed by atoms with Gasteiger partial charge in [0.2, 0.25) is 6.79 Å². The van der Waals surface area contributed by atoms with Gasteiger partial charge in [-0.05, 0) is 37.2 Å². The number of ether oxygens (including phenoxy) is 2. The van der Waals surface area contributed by atoms with Crippen molar-refractivity contribution in [2.24, 2.45) is 0 Å². The van der Waals surface area contributed by atoms with Gasteiger partial charge in [-0.1, -0.05) is 35.9 Å². The summed E-state index contributed by atoms with van der Waals surface area (Å²) in [6.45, 7) is 6.54. The molecule has 0 aromatic heterocycles. The highest BCUT2D eigenvalue weighted by molar-refractivity contribution is 6.35. The van der Waals surface area contributed by atoms with Crippen LogP contribution in [0, 0.1) is 6.92 Å². The molecular weight excluding hydrogens is 408 g/mol. The maximum atomic E-state index is 12.5. The topological polar surface area (TPSA) is 83.1 Å². The SMILES string of the molecule is Cc1ccc(CNC(=O)C(=O)NC[C@@H](c2ccc3c(c2)OCO3)N2CCN(C)CC2)cc1. The molecule has 0 spiro atoms. The first-order valence-corrected chi connectivity index (χ1v) is 10.9. The molecule has 0 unspecified atom stereocenters. The number of aryl methyl sites for hydroxylation is 1. The summed E-state index contributed by atoms with van der Waals surface area (Å²) in [5, 5.41) is 5.52. The summed E-state index contributed by atoms with van der Waals surface area (Å²) >= 11 is 0. The lowest BCUT2D eigenvalue weighted by molar-refractivity contribution is -0.139. The van der Waals surface area contributed by atoms with Crippen LogP contribution in [0.1, 0.15) is 22.7 Å². The van der Waals surface area contributed by atoms with Crippen LogP contribution in [0.15, 0.2) is 42.5 Å². The standard InChI is InChI=1S/C24H30N4O4/c1-17-3-5-18(6-4-17)14-25-23(29)24(30)26-15-20(28-11-9-27(2)10-12-28)19-7-8-21-22(13-19)32-16-31-21/h3-8,13,20H,9-12,14-16H2,1-2H3,(H,25,29)(H,26,30)/t20-/m0/s1. The Morgan fingerprint density at radius 2 is 1.62 bits per heavy atom. The molecule has 32 heavy (non-hydrogen) atoms. The lowest BCUT2D eigenvalue weighted by atomic mass is 10.0. The molecule has 2 aliphatic heterocycles. The van der Waals surface area contributed by atoms with Gasteiger partial charge in [-0.2, -0.15) is 0 Å². The molecule has 2 amide bonds. The highest BCUT2D eigenvalue weighted by atomic mass is 16.7. The van der Waals surface area contributed by atoms with Crippen LogP contribution in [-0.4, -0.2) is 68.2 Å². The van der Waals surface area contributed by atoms with Crippen molar-refractivity contribution in [3.63, 3.8) is 0 Å². The largest absolute Gasteiger partial charge is 0.454 e. The third kappa shape index (κ3) is 5.38. The highest BCUT2D eigenvalue weighted by Gasteiger charge is 2.27. The van der Waals surface area contributed by atoms with Crippen LogP contribution in [0.25, 0.3) is 0 Å². The molecule has 2 aromatic rings. The molecule has 1 saturated heterocycles. The number of fused-ring (bicyclic) bond motifs is 1. The second kappa shape index (κ2) is 10.0. The molecule has 0 radical (unpaired) electrons. The fourth-order valence-corrected chi connectivity index (χ4v) is 3.95. The summed E-state index contributed by atoms with van der Waals surface area (Å²) in [5.74, 6) is 0.180. The predicted octanol–water partition coefficient (Wildman–Crippen LogP) is 1.44. The number of amides is 2. The normalized spacial score (nSPS) is 17.1. The summed E-state index contributed by atoms with van der Waals surface area (Å²) in [4.78, 5) is 29.4.